The first-order valence-electron chi connectivity index (χ1n) is 10.0. The maximum Gasteiger partial charge on any atom is 0.251 e. The van der Waals surface area contributed by atoms with Crippen molar-refractivity contribution in [1.82, 2.24) is 10.0 Å². The Morgan fingerprint density at radius 3 is 2.59 bits per heavy atom. The normalized spacial score (nSPS) is 20.5. The van der Waals surface area contributed by atoms with Gasteiger partial charge in [0.2, 0.25) is 10.0 Å². The summed E-state index contributed by atoms with van der Waals surface area (Å²) < 4.78 is 32.8. The molecule has 1 heterocycles. The van der Waals surface area contributed by atoms with Crippen LogP contribution in [0.3, 0.4) is 0 Å². The average Bonchev–Trinajstić information content (AvgIpc) is 2.74. The molecule has 2 aliphatic rings. The number of hydrogen-bond donors (Lipinski definition) is 2. The lowest BCUT2D eigenvalue weighted by Gasteiger charge is -2.44. The number of benzene rings is 2. The molecule has 4 rings (SSSR count). The molecule has 0 bridgehead atoms. The Balaban J connectivity index is 1.61. The molecule has 0 aromatic heterocycles. The van der Waals surface area contributed by atoms with Gasteiger partial charge < -0.3 is 10.1 Å². The highest BCUT2D eigenvalue weighted by Crippen LogP contribution is 2.46. The predicted octanol–water partition coefficient (Wildman–Crippen LogP) is 3.55. The van der Waals surface area contributed by atoms with Crippen LogP contribution < -0.4 is 14.8 Å². The quantitative estimate of drug-likeness (QED) is 0.801. The second kappa shape index (κ2) is 7.80. The Bertz CT molecular complexity index is 1010. The van der Waals surface area contributed by atoms with Crippen LogP contribution in [0.25, 0.3) is 0 Å². The number of para-hydroxylation sites is 1. The van der Waals surface area contributed by atoms with Crippen LogP contribution in [0.1, 0.15) is 60.5 Å². The van der Waals surface area contributed by atoms with Crippen LogP contribution >= 0.6 is 0 Å². The summed E-state index contributed by atoms with van der Waals surface area (Å²) in [7, 11) is -2.26. The molecule has 2 N–H and O–H groups in total. The Labute approximate surface area is 171 Å². The Morgan fingerprint density at radius 2 is 1.83 bits per heavy atom. The van der Waals surface area contributed by atoms with E-state index in [1.54, 1.807) is 12.1 Å². The van der Waals surface area contributed by atoms with E-state index in [1.807, 2.05) is 24.3 Å². The second-order valence-corrected chi connectivity index (χ2v) is 9.74. The van der Waals surface area contributed by atoms with Crippen LogP contribution in [0, 0.1) is 0 Å². The maximum atomic E-state index is 13.0. The smallest absolute Gasteiger partial charge is 0.251 e. The van der Waals surface area contributed by atoms with Crippen LogP contribution in [0.5, 0.6) is 5.75 Å². The largest absolute Gasteiger partial charge is 0.487 e. The lowest BCUT2D eigenvalue weighted by atomic mass is 9.77. The molecular formula is C22H26N2O4S. The first-order chi connectivity index (χ1) is 13.9. The summed E-state index contributed by atoms with van der Waals surface area (Å²) in [6.07, 6.45) is 6.19. The van der Waals surface area contributed by atoms with Gasteiger partial charge in [-0.1, -0.05) is 30.7 Å². The molecular weight excluding hydrogens is 388 g/mol. The van der Waals surface area contributed by atoms with E-state index in [1.165, 1.54) is 25.6 Å². The predicted molar refractivity (Wildman–Crippen MR) is 110 cm³/mol. The third-order valence-electron chi connectivity index (χ3n) is 5.94. The van der Waals surface area contributed by atoms with Crippen molar-refractivity contribution in [1.29, 1.82) is 0 Å². The van der Waals surface area contributed by atoms with Gasteiger partial charge in [0.25, 0.3) is 5.91 Å². The summed E-state index contributed by atoms with van der Waals surface area (Å²) >= 11 is 0. The van der Waals surface area contributed by atoms with Gasteiger partial charge in [0.15, 0.2) is 0 Å². The SMILES string of the molecule is CNS(=O)(=O)c1cccc(C(=O)NC2CC3(CCCCC3)Oc3ccccc32)c1. The van der Waals surface area contributed by atoms with E-state index >= 15 is 0 Å². The van der Waals surface area contributed by atoms with Gasteiger partial charge >= 0.3 is 0 Å². The zero-order valence-corrected chi connectivity index (χ0v) is 17.3. The number of carbonyl (C=O) groups is 1. The minimum Gasteiger partial charge on any atom is -0.487 e. The van der Waals surface area contributed by atoms with Crippen molar-refractivity contribution >= 4 is 15.9 Å². The van der Waals surface area contributed by atoms with Gasteiger partial charge in [-0.2, -0.15) is 0 Å². The van der Waals surface area contributed by atoms with Crippen molar-refractivity contribution in [2.24, 2.45) is 0 Å². The first-order valence-corrected chi connectivity index (χ1v) is 11.5. The summed E-state index contributed by atoms with van der Waals surface area (Å²) in [6.45, 7) is 0. The van der Waals surface area contributed by atoms with Crippen LogP contribution in [-0.4, -0.2) is 27.0 Å². The van der Waals surface area contributed by atoms with Crippen molar-refractivity contribution in [2.75, 3.05) is 7.05 Å². The summed E-state index contributed by atoms with van der Waals surface area (Å²) in [5.41, 5.74) is 1.06. The number of carbonyl (C=O) groups excluding carboxylic acids is 1. The Kier molecular flexibility index (Phi) is 5.36. The molecule has 1 aliphatic carbocycles. The average molecular weight is 415 g/mol. The summed E-state index contributed by atoms with van der Waals surface area (Å²) in [5, 5.41) is 3.13. The molecule has 1 saturated carbocycles. The van der Waals surface area contributed by atoms with Crippen LogP contribution in [0.2, 0.25) is 0 Å². The van der Waals surface area contributed by atoms with Crippen LogP contribution in [0.4, 0.5) is 0 Å². The fourth-order valence-corrected chi connectivity index (χ4v) is 5.19. The number of sulfonamides is 1. The second-order valence-electron chi connectivity index (χ2n) is 7.85. The third-order valence-corrected chi connectivity index (χ3v) is 7.35. The highest BCUT2D eigenvalue weighted by molar-refractivity contribution is 7.89. The van der Waals surface area contributed by atoms with Crippen molar-refractivity contribution in [3.05, 3.63) is 59.7 Å². The van der Waals surface area contributed by atoms with Crippen LogP contribution in [-0.2, 0) is 10.0 Å². The molecule has 2 aromatic rings. The maximum absolute atomic E-state index is 13.0. The van der Waals surface area contributed by atoms with Gasteiger partial charge in [-0.25, -0.2) is 13.1 Å². The molecule has 6 nitrogen and oxygen atoms in total. The molecule has 7 heteroatoms. The molecule has 0 radical (unpaired) electrons. The zero-order valence-electron chi connectivity index (χ0n) is 16.5. The van der Waals surface area contributed by atoms with E-state index in [0.717, 1.165) is 43.4 Å². The van der Waals surface area contributed by atoms with E-state index in [2.05, 4.69) is 10.0 Å². The molecule has 1 amide bonds. The van der Waals surface area contributed by atoms with Gasteiger partial charge in [0.1, 0.15) is 11.4 Å². The highest BCUT2D eigenvalue weighted by Gasteiger charge is 2.42. The molecule has 2 aromatic carbocycles. The molecule has 29 heavy (non-hydrogen) atoms. The number of ether oxygens (including phenoxy) is 1. The van der Waals surface area contributed by atoms with E-state index in [0.29, 0.717) is 5.56 Å². The number of nitrogens with one attached hydrogen (secondary N) is 2. The monoisotopic (exact) mass is 414 g/mol. The van der Waals surface area contributed by atoms with Gasteiger partial charge in [0.05, 0.1) is 10.9 Å². The molecule has 1 spiro atoms. The Hall–Kier alpha value is -2.38. The number of rotatable bonds is 4. The van der Waals surface area contributed by atoms with E-state index < -0.39 is 10.0 Å². The van der Waals surface area contributed by atoms with Gasteiger partial charge in [-0.05, 0) is 57.0 Å². The van der Waals surface area contributed by atoms with Gasteiger partial charge in [0, 0.05) is 17.5 Å². The van der Waals surface area contributed by atoms with Crippen molar-refractivity contribution in [3.8, 4) is 5.75 Å². The van der Waals surface area contributed by atoms with Crippen LogP contribution in [0.15, 0.2) is 53.4 Å². The molecule has 1 unspecified atom stereocenters. The molecule has 1 aliphatic heterocycles. The fourth-order valence-electron chi connectivity index (χ4n) is 4.41. The van der Waals surface area contributed by atoms with Crippen molar-refractivity contribution in [3.63, 3.8) is 0 Å². The first kappa shape index (κ1) is 19.9. The molecule has 0 saturated heterocycles. The van der Waals surface area contributed by atoms with E-state index in [9.17, 15) is 13.2 Å². The molecule has 1 fully saturated rings. The number of fused-ring (bicyclic) bond motifs is 1. The van der Waals surface area contributed by atoms with Gasteiger partial charge in [-0.3, -0.25) is 4.79 Å². The lowest BCUT2D eigenvalue weighted by molar-refractivity contribution is -0.00210. The topological polar surface area (TPSA) is 84.5 Å². The summed E-state index contributed by atoms with van der Waals surface area (Å²) in [6, 6.07) is 13.8. The zero-order chi connectivity index (χ0) is 20.5. The standard InChI is InChI=1S/C22H26N2O4S/c1-23-29(26,27)17-9-7-8-16(14-17)21(25)24-19-15-22(12-5-2-6-13-22)28-20-11-4-3-10-18(19)20/h3-4,7-11,14,19,23H,2,5-6,12-13,15H2,1H3,(H,24,25). The lowest BCUT2D eigenvalue weighted by Crippen LogP contribution is -2.46. The summed E-state index contributed by atoms with van der Waals surface area (Å²) in [5.74, 6) is 0.545. The third kappa shape index (κ3) is 4.02. The van der Waals surface area contributed by atoms with Crippen molar-refractivity contribution < 1.29 is 17.9 Å². The van der Waals surface area contributed by atoms with E-state index in [4.69, 9.17) is 4.74 Å². The number of hydrogen-bond acceptors (Lipinski definition) is 4. The fraction of sp³-hybridized carbons (Fsp3) is 0.409. The van der Waals surface area contributed by atoms with E-state index in [-0.39, 0.29) is 22.4 Å². The number of amides is 1. The van der Waals surface area contributed by atoms with Crippen molar-refractivity contribution in [2.45, 2.75) is 55.1 Å². The molecule has 154 valence electrons. The van der Waals surface area contributed by atoms with Gasteiger partial charge in [-0.15, -0.1) is 0 Å². The minimum atomic E-state index is -3.61. The highest BCUT2D eigenvalue weighted by atomic mass is 32.2. The summed E-state index contributed by atoms with van der Waals surface area (Å²) in [4.78, 5) is 13.1. The Morgan fingerprint density at radius 1 is 1.07 bits per heavy atom. The minimum absolute atomic E-state index is 0.0729. The molecule has 1 atom stereocenters.